The number of likely N-dealkylation sites (tertiary alicyclic amines) is 1. The van der Waals surface area contributed by atoms with Gasteiger partial charge in [-0.05, 0) is 55.3 Å². The first-order valence-electron chi connectivity index (χ1n) is 12.1. The molecule has 1 fully saturated rings. The molecule has 1 saturated heterocycles. The lowest BCUT2D eigenvalue weighted by molar-refractivity contribution is -0.275. The second-order valence-corrected chi connectivity index (χ2v) is 12.2. The topological polar surface area (TPSA) is 105 Å². The molecule has 0 aromatic heterocycles. The van der Waals surface area contributed by atoms with E-state index in [1.807, 2.05) is 4.90 Å². The van der Waals surface area contributed by atoms with Crippen LogP contribution in [0.1, 0.15) is 48.2 Å². The van der Waals surface area contributed by atoms with Crippen LogP contribution in [0, 0.1) is 0 Å². The van der Waals surface area contributed by atoms with Crippen LogP contribution in [-0.2, 0) is 27.7 Å². The normalized spacial score (nSPS) is 16.5. The van der Waals surface area contributed by atoms with Gasteiger partial charge in [0.1, 0.15) is 5.75 Å². The number of rotatable bonds is 9. The molecule has 1 aliphatic rings. The number of ether oxygens (including phenoxy) is 1. The number of amides is 2. The summed E-state index contributed by atoms with van der Waals surface area (Å²) in [6.45, 7) is 3.60. The van der Waals surface area contributed by atoms with Gasteiger partial charge in [-0.25, -0.2) is 8.42 Å². The molecule has 1 unspecified atom stereocenters. The highest BCUT2D eigenvalue weighted by Crippen LogP contribution is 2.34. The zero-order chi connectivity index (χ0) is 29.0. The Labute approximate surface area is 234 Å². The van der Waals surface area contributed by atoms with Gasteiger partial charge in [-0.2, -0.15) is 0 Å². The maximum Gasteiger partial charge on any atom is 0.573 e. The van der Waals surface area contributed by atoms with Gasteiger partial charge in [0.15, 0.2) is 9.84 Å². The van der Waals surface area contributed by atoms with E-state index in [0.717, 1.165) is 18.9 Å². The molecule has 2 aromatic rings. The molecule has 3 rings (SSSR count). The maximum atomic E-state index is 13.3. The average molecular weight is 610 g/mol. The van der Waals surface area contributed by atoms with Crippen molar-refractivity contribution in [2.45, 2.75) is 57.1 Å². The molecule has 2 amide bonds. The van der Waals surface area contributed by atoms with Crippen molar-refractivity contribution in [2.75, 3.05) is 18.8 Å². The molecule has 2 aromatic carbocycles. The highest BCUT2D eigenvalue weighted by molar-refractivity contribution is 7.91. The van der Waals surface area contributed by atoms with Gasteiger partial charge in [-0.15, -0.1) is 13.2 Å². The van der Waals surface area contributed by atoms with Crippen LogP contribution < -0.4 is 15.4 Å². The predicted octanol–water partition coefficient (Wildman–Crippen LogP) is 4.72. The molecular weight excluding hydrogens is 582 g/mol. The number of hydrogen-bond acceptors (Lipinski definition) is 6. The molecule has 2 N–H and O–H groups in total. The van der Waals surface area contributed by atoms with Crippen molar-refractivity contribution < 1.29 is 35.9 Å². The number of carbonyl (C=O) groups is 2. The lowest BCUT2D eigenvalue weighted by Crippen LogP contribution is -2.46. The monoisotopic (exact) mass is 609 g/mol. The lowest BCUT2D eigenvalue weighted by Gasteiger charge is -2.33. The van der Waals surface area contributed by atoms with Gasteiger partial charge < -0.3 is 15.4 Å². The summed E-state index contributed by atoms with van der Waals surface area (Å²) in [6.07, 6.45) is -3.58. The largest absolute Gasteiger partial charge is 0.573 e. The van der Waals surface area contributed by atoms with E-state index in [1.165, 1.54) is 38.1 Å². The average Bonchev–Trinajstić information content (AvgIpc) is 2.83. The Morgan fingerprint density at radius 2 is 1.90 bits per heavy atom. The third-order valence-corrected chi connectivity index (χ3v) is 8.51. The first kappa shape index (κ1) is 31.0. The summed E-state index contributed by atoms with van der Waals surface area (Å²) in [7, 11) is -3.63. The van der Waals surface area contributed by atoms with Crippen molar-refractivity contribution in [3.63, 3.8) is 0 Å². The number of halogens is 5. The quantitative estimate of drug-likeness (QED) is 0.426. The smallest absolute Gasteiger partial charge is 0.405 e. The molecule has 1 aliphatic heterocycles. The zero-order valence-electron chi connectivity index (χ0n) is 21.2. The molecule has 1 atom stereocenters. The minimum atomic E-state index is -5.04. The van der Waals surface area contributed by atoms with Crippen LogP contribution in [0.3, 0.4) is 0 Å². The molecule has 8 nitrogen and oxygen atoms in total. The summed E-state index contributed by atoms with van der Waals surface area (Å²) in [5.41, 5.74) is 0.0610. The zero-order valence-corrected chi connectivity index (χ0v) is 23.5. The second-order valence-electron chi connectivity index (χ2n) is 9.10. The van der Waals surface area contributed by atoms with Crippen molar-refractivity contribution in [3.05, 3.63) is 57.1 Å². The highest BCUT2D eigenvalue weighted by Gasteiger charge is 2.34. The summed E-state index contributed by atoms with van der Waals surface area (Å²) >= 11 is 12.4. The molecule has 0 spiro atoms. The second kappa shape index (κ2) is 12.8. The number of nitrogens with zero attached hydrogens (tertiary/aromatic N) is 1. The highest BCUT2D eigenvalue weighted by atomic mass is 35.5. The van der Waals surface area contributed by atoms with Gasteiger partial charge in [0, 0.05) is 53.8 Å². The third-order valence-electron chi connectivity index (χ3n) is 6.11. The fourth-order valence-electron chi connectivity index (χ4n) is 4.36. The Bertz CT molecular complexity index is 1340. The van der Waals surface area contributed by atoms with Crippen LogP contribution in [0.25, 0.3) is 0 Å². The standard InChI is InChI=1S/C25H28Cl2F3N3O5S/c1-3-39(36,37)23-7-6-18(26)9-17(23)12-31-24(35)16-10-21(27)20(22(11-16)38-25(28,29)30)14-33-8-4-5-19(13-33)32-15(2)34/h6-7,9-11,19H,3-5,8,12-14H2,1-2H3,(H,31,35)(H,32,34). The van der Waals surface area contributed by atoms with Crippen molar-refractivity contribution >= 4 is 44.9 Å². The van der Waals surface area contributed by atoms with Gasteiger partial charge in [-0.3, -0.25) is 14.5 Å². The fourth-order valence-corrected chi connectivity index (χ4v) is 5.94. The first-order valence-corrected chi connectivity index (χ1v) is 14.5. The van der Waals surface area contributed by atoms with Crippen LogP contribution in [-0.4, -0.2) is 56.4 Å². The lowest BCUT2D eigenvalue weighted by atomic mass is 10.0. The van der Waals surface area contributed by atoms with E-state index >= 15 is 0 Å². The van der Waals surface area contributed by atoms with E-state index < -0.39 is 27.9 Å². The summed E-state index contributed by atoms with van der Waals surface area (Å²) in [5, 5.41) is 5.47. The van der Waals surface area contributed by atoms with Crippen LogP contribution >= 0.6 is 23.2 Å². The molecule has 0 bridgehead atoms. The van der Waals surface area contributed by atoms with Crippen molar-refractivity contribution in [2.24, 2.45) is 0 Å². The van der Waals surface area contributed by atoms with Gasteiger partial charge in [-0.1, -0.05) is 30.1 Å². The van der Waals surface area contributed by atoms with E-state index in [0.29, 0.717) is 13.1 Å². The number of carbonyl (C=O) groups excluding carboxylic acids is 2. The Hall–Kier alpha value is -2.54. The molecule has 214 valence electrons. The van der Waals surface area contributed by atoms with Crippen LogP contribution in [0.15, 0.2) is 35.2 Å². The Kier molecular flexibility index (Phi) is 10.1. The van der Waals surface area contributed by atoms with E-state index in [2.05, 4.69) is 15.4 Å². The van der Waals surface area contributed by atoms with Crippen LogP contribution in [0.4, 0.5) is 13.2 Å². The summed E-state index contributed by atoms with van der Waals surface area (Å²) < 4.78 is 68.9. The van der Waals surface area contributed by atoms with E-state index in [9.17, 15) is 31.2 Å². The Morgan fingerprint density at radius 3 is 2.54 bits per heavy atom. The van der Waals surface area contributed by atoms with Crippen LogP contribution in [0.5, 0.6) is 5.75 Å². The Balaban J connectivity index is 1.85. The van der Waals surface area contributed by atoms with E-state index in [4.69, 9.17) is 23.2 Å². The molecule has 0 saturated carbocycles. The molecule has 0 aliphatic carbocycles. The summed E-state index contributed by atoms with van der Waals surface area (Å²) in [4.78, 5) is 26.2. The fraction of sp³-hybridized carbons (Fsp3) is 0.440. The van der Waals surface area contributed by atoms with Crippen molar-refractivity contribution in [1.29, 1.82) is 0 Å². The summed E-state index contributed by atoms with van der Waals surface area (Å²) in [6, 6.07) is 6.16. The molecule has 1 heterocycles. The number of benzene rings is 2. The Morgan fingerprint density at radius 1 is 1.18 bits per heavy atom. The minimum Gasteiger partial charge on any atom is -0.405 e. The molecular formula is C25H28Cl2F3N3O5S. The molecule has 0 radical (unpaired) electrons. The number of piperidine rings is 1. The SMILES string of the molecule is CCS(=O)(=O)c1ccc(Cl)cc1CNC(=O)c1cc(Cl)c(CN2CCCC(NC(C)=O)C2)c(OC(F)(F)F)c1. The summed E-state index contributed by atoms with van der Waals surface area (Å²) in [5.74, 6) is -1.79. The predicted molar refractivity (Wildman–Crippen MR) is 141 cm³/mol. The molecule has 39 heavy (non-hydrogen) atoms. The van der Waals surface area contributed by atoms with Gasteiger partial charge in [0.05, 0.1) is 10.6 Å². The van der Waals surface area contributed by atoms with Crippen molar-refractivity contribution in [1.82, 2.24) is 15.5 Å². The van der Waals surface area contributed by atoms with Crippen molar-refractivity contribution in [3.8, 4) is 5.75 Å². The molecule has 14 heteroatoms. The van der Waals surface area contributed by atoms with Gasteiger partial charge >= 0.3 is 6.36 Å². The third kappa shape index (κ3) is 8.72. The number of alkyl halides is 3. The number of nitrogens with one attached hydrogen (secondary N) is 2. The van der Waals surface area contributed by atoms with E-state index in [-0.39, 0.29) is 62.4 Å². The van der Waals surface area contributed by atoms with E-state index in [1.54, 1.807) is 0 Å². The van der Waals surface area contributed by atoms with Gasteiger partial charge in [0.2, 0.25) is 5.91 Å². The maximum absolute atomic E-state index is 13.3. The number of sulfone groups is 1. The minimum absolute atomic E-state index is 0.00296. The number of hydrogen-bond donors (Lipinski definition) is 2. The first-order chi connectivity index (χ1) is 18.2. The van der Waals surface area contributed by atoms with Crippen LogP contribution in [0.2, 0.25) is 10.0 Å². The van der Waals surface area contributed by atoms with Gasteiger partial charge in [0.25, 0.3) is 5.91 Å².